The van der Waals surface area contributed by atoms with Crippen molar-refractivity contribution in [1.29, 1.82) is 0 Å². The molecule has 134 valence electrons. The fraction of sp³-hybridized carbons (Fsp3) is 0.438. The third-order valence-corrected chi connectivity index (χ3v) is 4.02. The van der Waals surface area contributed by atoms with Gasteiger partial charge in [0.15, 0.2) is 17.3 Å². The Morgan fingerprint density at radius 2 is 2.08 bits per heavy atom. The van der Waals surface area contributed by atoms with Crippen LogP contribution in [0.2, 0.25) is 5.02 Å². The van der Waals surface area contributed by atoms with Crippen LogP contribution in [-0.2, 0) is 28.9 Å². The molecule has 1 aromatic heterocycles. The number of halogens is 1. The lowest BCUT2D eigenvalue weighted by Gasteiger charge is -2.19. The molecule has 0 bridgehead atoms. The normalized spacial score (nSPS) is 13.0. The molecule has 1 N–H and O–H groups in total. The van der Waals surface area contributed by atoms with E-state index in [9.17, 15) is 4.79 Å². The Morgan fingerprint density at radius 1 is 1.36 bits per heavy atom. The minimum Gasteiger partial charge on any atom is -0.486 e. The van der Waals surface area contributed by atoms with Crippen LogP contribution in [0.5, 0.6) is 11.5 Å². The number of carboxylic acids is 1. The molecule has 2 heterocycles. The lowest BCUT2D eigenvalue weighted by molar-refractivity contribution is -0.137. The number of methoxy groups -OCH3 is 1. The fourth-order valence-electron chi connectivity index (χ4n) is 2.52. The maximum Gasteiger partial charge on any atom is 0.325 e. The Morgan fingerprint density at radius 3 is 2.76 bits per heavy atom. The number of benzene rings is 1. The number of carbonyl (C=O) groups is 1. The molecule has 8 nitrogen and oxygen atoms in total. The van der Waals surface area contributed by atoms with Gasteiger partial charge in [-0.3, -0.25) is 4.79 Å². The van der Waals surface area contributed by atoms with Crippen molar-refractivity contribution in [2.24, 2.45) is 0 Å². The van der Waals surface area contributed by atoms with Gasteiger partial charge < -0.3 is 19.3 Å². The van der Waals surface area contributed by atoms with E-state index >= 15 is 0 Å². The Hall–Kier alpha value is -2.32. The summed E-state index contributed by atoms with van der Waals surface area (Å²) < 4.78 is 17.5. The molecule has 0 fully saturated rings. The van der Waals surface area contributed by atoms with Gasteiger partial charge in [-0.1, -0.05) is 11.6 Å². The first-order valence-corrected chi connectivity index (χ1v) is 8.16. The third-order valence-electron chi connectivity index (χ3n) is 3.67. The van der Waals surface area contributed by atoms with Gasteiger partial charge in [-0.25, -0.2) is 9.67 Å². The predicted molar refractivity (Wildman–Crippen MR) is 88.5 cm³/mol. The second kappa shape index (κ2) is 7.71. The van der Waals surface area contributed by atoms with Gasteiger partial charge in [0.05, 0.1) is 6.61 Å². The molecule has 0 saturated heterocycles. The number of hydrogen-bond donors (Lipinski definition) is 1. The van der Waals surface area contributed by atoms with Crippen LogP contribution in [0.1, 0.15) is 17.2 Å². The summed E-state index contributed by atoms with van der Waals surface area (Å²) in [4.78, 5) is 15.5. The van der Waals surface area contributed by atoms with E-state index in [0.717, 1.165) is 5.56 Å². The Labute approximate surface area is 149 Å². The summed E-state index contributed by atoms with van der Waals surface area (Å²) in [5, 5.41) is 13.8. The van der Waals surface area contributed by atoms with E-state index in [4.69, 9.17) is 30.9 Å². The molecule has 1 aliphatic rings. The first-order valence-electron chi connectivity index (χ1n) is 7.78. The van der Waals surface area contributed by atoms with Gasteiger partial charge in [0.1, 0.15) is 25.6 Å². The van der Waals surface area contributed by atoms with Crippen molar-refractivity contribution in [2.75, 3.05) is 26.9 Å². The smallest absolute Gasteiger partial charge is 0.325 e. The fourth-order valence-corrected chi connectivity index (χ4v) is 2.74. The molecule has 3 rings (SSSR count). The lowest BCUT2D eigenvalue weighted by Crippen LogP contribution is -2.16. The quantitative estimate of drug-likeness (QED) is 0.793. The van der Waals surface area contributed by atoms with Crippen molar-refractivity contribution >= 4 is 17.6 Å². The number of rotatable bonds is 7. The molecule has 0 aliphatic carbocycles. The third kappa shape index (κ3) is 4.21. The highest BCUT2D eigenvalue weighted by Crippen LogP contribution is 2.36. The van der Waals surface area contributed by atoms with Gasteiger partial charge in [-0.2, -0.15) is 5.10 Å². The minimum absolute atomic E-state index is 0.266. The number of aromatic nitrogens is 3. The summed E-state index contributed by atoms with van der Waals surface area (Å²) >= 11 is 6.33. The largest absolute Gasteiger partial charge is 0.486 e. The summed E-state index contributed by atoms with van der Waals surface area (Å²) in [6.45, 7) is 1.15. The van der Waals surface area contributed by atoms with Crippen LogP contribution in [0.15, 0.2) is 12.1 Å². The first-order chi connectivity index (χ1) is 12.1. The van der Waals surface area contributed by atoms with Crippen molar-refractivity contribution in [3.8, 4) is 11.5 Å². The van der Waals surface area contributed by atoms with Crippen LogP contribution in [0.25, 0.3) is 0 Å². The predicted octanol–water partition coefficient (Wildman–Crippen LogP) is 1.57. The van der Waals surface area contributed by atoms with Crippen molar-refractivity contribution in [3.05, 3.63) is 34.4 Å². The number of nitrogens with zero attached hydrogens (tertiary/aromatic N) is 3. The first kappa shape index (κ1) is 17.5. The SMILES string of the molecule is COCCc1nc(Cc2cc3c(cc2Cl)OCCO3)n(CC(=O)O)n1. The zero-order valence-electron chi connectivity index (χ0n) is 13.7. The topological polar surface area (TPSA) is 95.7 Å². The molecular weight excluding hydrogens is 350 g/mol. The highest BCUT2D eigenvalue weighted by atomic mass is 35.5. The number of aliphatic carboxylic acids is 1. The van der Waals surface area contributed by atoms with Crippen LogP contribution in [0.3, 0.4) is 0 Å². The number of carboxylic acid groups (broad SMARTS) is 1. The van der Waals surface area contributed by atoms with E-state index in [1.807, 2.05) is 0 Å². The van der Waals surface area contributed by atoms with E-state index in [2.05, 4.69) is 10.1 Å². The van der Waals surface area contributed by atoms with Crippen LogP contribution in [0, 0.1) is 0 Å². The van der Waals surface area contributed by atoms with Crippen molar-refractivity contribution in [2.45, 2.75) is 19.4 Å². The monoisotopic (exact) mass is 367 g/mol. The van der Waals surface area contributed by atoms with E-state index in [1.165, 1.54) is 4.68 Å². The molecule has 9 heteroatoms. The van der Waals surface area contributed by atoms with Crippen LogP contribution in [-0.4, -0.2) is 52.8 Å². The molecule has 0 saturated carbocycles. The van der Waals surface area contributed by atoms with E-state index < -0.39 is 5.97 Å². The second-order valence-electron chi connectivity index (χ2n) is 5.50. The molecule has 0 spiro atoms. The molecule has 2 aromatic rings. The van der Waals surface area contributed by atoms with Crippen molar-refractivity contribution in [1.82, 2.24) is 14.8 Å². The van der Waals surface area contributed by atoms with Crippen molar-refractivity contribution in [3.63, 3.8) is 0 Å². The molecule has 1 aromatic carbocycles. The molecule has 0 unspecified atom stereocenters. The minimum atomic E-state index is -0.988. The van der Waals surface area contributed by atoms with Crippen molar-refractivity contribution < 1.29 is 24.1 Å². The van der Waals surface area contributed by atoms with E-state index in [1.54, 1.807) is 19.2 Å². The van der Waals surface area contributed by atoms with Crippen LogP contribution >= 0.6 is 11.6 Å². The maximum atomic E-state index is 11.1. The molecular formula is C16H18ClN3O5. The standard InChI is InChI=1S/C16H18ClN3O5/c1-23-3-2-14-18-15(20(19-14)9-16(21)22)7-10-6-12-13(8-11(10)17)25-5-4-24-12/h6,8H,2-5,7,9H2,1H3,(H,21,22). The van der Waals surface area contributed by atoms with Gasteiger partial charge in [0, 0.05) is 31.0 Å². The highest BCUT2D eigenvalue weighted by molar-refractivity contribution is 6.31. The summed E-state index contributed by atoms with van der Waals surface area (Å²) in [5.74, 6) is 1.29. The van der Waals surface area contributed by atoms with Gasteiger partial charge in [-0.15, -0.1) is 0 Å². The number of hydrogen-bond acceptors (Lipinski definition) is 6. The van der Waals surface area contributed by atoms with Gasteiger partial charge in [-0.05, 0) is 11.6 Å². The Balaban J connectivity index is 1.88. The molecule has 0 radical (unpaired) electrons. The maximum absolute atomic E-state index is 11.1. The average molecular weight is 368 g/mol. The van der Waals surface area contributed by atoms with Gasteiger partial charge in [0.25, 0.3) is 0 Å². The molecule has 25 heavy (non-hydrogen) atoms. The lowest BCUT2D eigenvalue weighted by atomic mass is 10.1. The average Bonchev–Trinajstić information content (AvgIpc) is 2.94. The summed E-state index contributed by atoms with van der Waals surface area (Å²) in [6, 6.07) is 3.50. The Bertz CT molecular complexity index is 777. The zero-order chi connectivity index (χ0) is 17.8. The summed E-state index contributed by atoms with van der Waals surface area (Å²) in [7, 11) is 1.59. The molecule has 0 atom stereocenters. The van der Waals surface area contributed by atoms with E-state index in [-0.39, 0.29) is 6.54 Å². The van der Waals surface area contributed by atoms with E-state index in [0.29, 0.717) is 60.8 Å². The zero-order valence-corrected chi connectivity index (χ0v) is 14.5. The molecule has 1 aliphatic heterocycles. The van der Waals surface area contributed by atoms with Gasteiger partial charge in [0.2, 0.25) is 0 Å². The highest BCUT2D eigenvalue weighted by Gasteiger charge is 2.18. The Kier molecular flexibility index (Phi) is 5.40. The molecule has 0 amide bonds. The van der Waals surface area contributed by atoms with Gasteiger partial charge >= 0.3 is 5.97 Å². The summed E-state index contributed by atoms with van der Waals surface area (Å²) in [5.41, 5.74) is 0.767. The second-order valence-corrected chi connectivity index (χ2v) is 5.91. The number of fused-ring (bicyclic) bond motifs is 1. The van der Waals surface area contributed by atoms with Crippen LogP contribution < -0.4 is 9.47 Å². The summed E-state index contributed by atoms with van der Waals surface area (Å²) in [6.07, 6.45) is 0.841. The van der Waals surface area contributed by atoms with Crippen LogP contribution in [0.4, 0.5) is 0 Å². The number of ether oxygens (including phenoxy) is 3.